The van der Waals surface area contributed by atoms with Crippen LogP contribution in [-0.4, -0.2) is 40.4 Å². The lowest BCUT2D eigenvalue weighted by Crippen LogP contribution is -2.32. The molecule has 2 aromatic rings. The first-order valence-corrected chi connectivity index (χ1v) is 6.71. The lowest BCUT2D eigenvalue weighted by molar-refractivity contribution is 0.0699. The molecular formula is C15H16N2O3. The molecule has 1 aliphatic rings. The summed E-state index contributed by atoms with van der Waals surface area (Å²) in [6.45, 7) is 0.868. The van der Waals surface area contributed by atoms with E-state index in [1.165, 1.54) is 0 Å². The maximum absolute atomic E-state index is 11.4. The average Bonchev–Trinajstić information content (AvgIpc) is 2.94. The van der Waals surface area contributed by atoms with Crippen LogP contribution in [0.25, 0.3) is 10.9 Å². The maximum Gasteiger partial charge on any atom is 0.336 e. The van der Waals surface area contributed by atoms with Crippen LogP contribution in [0.3, 0.4) is 0 Å². The van der Waals surface area contributed by atoms with Crippen LogP contribution < -0.4 is 4.90 Å². The molecule has 1 atom stereocenters. The Kier molecular flexibility index (Phi) is 3.28. The summed E-state index contributed by atoms with van der Waals surface area (Å²) in [6.07, 6.45) is 1.90. The normalized spacial score (nSPS) is 18.6. The number of anilines is 1. The van der Waals surface area contributed by atoms with Gasteiger partial charge in [0, 0.05) is 11.9 Å². The van der Waals surface area contributed by atoms with Crippen molar-refractivity contribution in [3.63, 3.8) is 0 Å². The summed E-state index contributed by atoms with van der Waals surface area (Å²) in [5, 5.41) is 19.4. The van der Waals surface area contributed by atoms with E-state index in [0.717, 1.165) is 19.4 Å². The Balaban J connectivity index is 2.15. The summed E-state index contributed by atoms with van der Waals surface area (Å²) >= 11 is 0. The first-order valence-electron chi connectivity index (χ1n) is 6.71. The number of carboxylic acids is 1. The first-order chi connectivity index (χ1) is 9.70. The lowest BCUT2D eigenvalue weighted by Gasteiger charge is -2.24. The molecule has 5 heteroatoms. The van der Waals surface area contributed by atoms with Crippen molar-refractivity contribution in [3.8, 4) is 0 Å². The second-order valence-electron chi connectivity index (χ2n) is 5.02. The largest absolute Gasteiger partial charge is 0.478 e. The number of para-hydroxylation sites is 1. The lowest BCUT2D eigenvalue weighted by atomic mass is 10.1. The average molecular weight is 272 g/mol. The zero-order chi connectivity index (χ0) is 14.1. The van der Waals surface area contributed by atoms with Gasteiger partial charge in [-0.3, -0.25) is 0 Å². The van der Waals surface area contributed by atoms with Gasteiger partial charge in [0.15, 0.2) is 0 Å². The van der Waals surface area contributed by atoms with Crippen molar-refractivity contribution in [2.24, 2.45) is 0 Å². The number of carboxylic acid groups (broad SMARTS) is 1. The molecule has 5 nitrogen and oxygen atoms in total. The fraction of sp³-hybridized carbons (Fsp3) is 0.333. The topological polar surface area (TPSA) is 73.7 Å². The van der Waals surface area contributed by atoms with Crippen LogP contribution in [0.4, 0.5) is 5.82 Å². The smallest absolute Gasteiger partial charge is 0.336 e. The minimum absolute atomic E-state index is 0.0327. The minimum Gasteiger partial charge on any atom is -0.478 e. The molecule has 1 aliphatic heterocycles. The highest BCUT2D eigenvalue weighted by molar-refractivity contribution is 6.03. The molecule has 1 aromatic carbocycles. The van der Waals surface area contributed by atoms with Crippen molar-refractivity contribution < 1.29 is 15.0 Å². The van der Waals surface area contributed by atoms with Crippen LogP contribution in [0.5, 0.6) is 0 Å². The number of aromatic carboxylic acids is 1. The predicted octanol–water partition coefficient (Wildman–Crippen LogP) is 1.89. The van der Waals surface area contributed by atoms with Gasteiger partial charge in [-0.05, 0) is 25.0 Å². The number of carbonyl (C=O) groups is 1. The molecule has 0 bridgehead atoms. The molecule has 104 valence electrons. The van der Waals surface area contributed by atoms with Crippen LogP contribution in [0.1, 0.15) is 23.2 Å². The second kappa shape index (κ2) is 5.09. The van der Waals surface area contributed by atoms with Gasteiger partial charge in [0.2, 0.25) is 0 Å². The van der Waals surface area contributed by atoms with Gasteiger partial charge in [-0.1, -0.05) is 18.2 Å². The molecule has 0 aliphatic carbocycles. The zero-order valence-corrected chi connectivity index (χ0v) is 11.0. The first kappa shape index (κ1) is 12.9. The monoisotopic (exact) mass is 272 g/mol. The Morgan fingerprint density at radius 1 is 1.40 bits per heavy atom. The van der Waals surface area contributed by atoms with E-state index in [9.17, 15) is 15.0 Å². The van der Waals surface area contributed by atoms with Gasteiger partial charge in [-0.15, -0.1) is 0 Å². The summed E-state index contributed by atoms with van der Waals surface area (Å²) in [7, 11) is 0. The highest BCUT2D eigenvalue weighted by atomic mass is 16.4. The third kappa shape index (κ3) is 2.10. The molecule has 1 unspecified atom stereocenters. The molecule has 3 rings (SSSR count). The summed E-state index contributed by atoms with van der Waals surface area (Å²) in [5.74, 6) is -0.317. The van der Waals surface area contributed by atoms with E-state index in [0.29, 0.717) is 16.7 Å². The molecule has 0 amide bonds. The number of hydrogen-bond donors (Lipinski definition) is 2. The fourth-order valence-corrected chi connectivity index (χ4v) is 2.81. The van der Waals surface area contributed by atoms with E-state index in [-0.39, 0.29) is 18.2 Å². The summed E-state index contributed by atoms with van der Waals surface area (Å²) in [6, 6.07) is 8.88. The number of rotatable bonds is 3. The quantitative estimate of drug-likeness (QED) is 0.892. The van der Waals surface area contributed by atoms with E-state index < -0.39 is 5.97 Å². The second-order valence-corrected chi connectivity index (χ2v) is 5.02. The van der Waals surface area contributed by atoms with Crippen LogP contribution in [0.15, 0.2) is 30.3 Å². The Morgan fingerprint density at radius 3 is 2.95 bits per heavy atom. The SMILES string of the molecule is O=C(O)c1cc(N2CCCC2CO)nc2ccccc12. The molecule has 0 spiro atoms. The number of fused-ring (bicyclic) bond motifs is 1. The number of aliphatic hydroxyl groups is 1. The van der Waals surface area contributed by atoms with Gasteiger partial charge < -0.3 is 15.1 Å². The number of hydrogen-bond acceptors (Lipinski definition) is 4. The Bertz CT molecular complexity index is 657. The Morgan fingerprint density at radius 2 is 2.20 bits per heavy atom. The number of nitrogens with zero attached hydrogens (tertiary/aromatic N) is 2. The Hall–Kier alpha value is -2.14. The fourth-order valence-electron chi connectivity index (χ4n) is 2.81. The van der Waals surface area contributed by atoms with Crippen LogP contribution in [0.2, 0.25) is 0 Å². The van der Waals surface area contributed by atoms with E-state index in [2.05, 4.69) is 4.98 Å². The summed E-state index contributed by atoms with van der Waals surface area (Å²) in [5.41, 5.74) is 0.931. The van der Waals surface area contributed by atoms with Crippen molar-refractivity contribution in [1.82, 2.24) is 4.98 Å². The van der Waals surface area contributed by atoms with Crippen LogP contribution in [-0.2, 0) is 0 Å². The standard InChI is InChI=1S/C15H16N2O3/c18-9-10-4-3-7-17(10)14-8-12(15(19)20)11-5-1-2-6-13(11)16-14/h1-2,5-6,8,10,18H,3-4,7,9H2,(H,19,20). The van der Waals surface area contributed by atoms with Crippen molar-refractivity contribution in [1.29, 1.82) is 0 Å². The maximum atomic E-state index is 11.4. The molecule has 0 radical (unpaired) electrons. The highest BCUT2D eigenvalue weighted by Crippen LogP contribution is 2.28. The molecule has 1 aromatic heterocycles. The molecular weight excluding hydrogens is 256 g/mol. The van der Waals surface area contributed by atoms with Crippen molar-refractivity contribution in [2.45, 2.75) is 18.9 Å². The van der Waals surface area contributed by atoms with Crippen molar-refractivity contribution >= 4 is 22.7 Å². The summed E-state index contributed by atoms with van der Waals surface area (Å²) in [4.78, 5) is 18.0. The van der Waals surface area contributed by atoms with Gasteiger partial charge >= 0.3 is 5.97 Å². The van der Waals surface area contributed by atoms with Gasteiger partial charge in [-0.25, -0.2) is 9.78 Å². The van der Waals surface area contributed by atoms with E-state index in [1.807, 2.05) is 23.1 Å². The third-order valence-corrected chi connectivity index (χ3v) is 3.82. The number of aromatic nitrogens is 1. The number of aliphatic hydroxyl groups excluding tert-OH is 1. The molecule has 20 heavy (non-hydrogen) atoms. The Labute approximate surface area is 116 Å². The van der Waals surface area contributed by atoms with Gasteiger partial charge in [0.25, 0.3) is 0 Å². The number of pyridine rings is 1. The van der Waals surface area contributed by atoms with Crippen LogP contribution in [0, 0.1) is 0 Å². The van der Waals surface area contributed by atoms with E-state index in [1.54, 1.807) is 12.1 Å². The predicted molar refractivity (Wildman–Crippen MR) is 76.2 cm³/mol. The van der Waals surface area contributed by atoms with Crippen molar-refractivity contribution in [3.05, 3.63) is 35.9 Å². The van der Waals surface area contributed by atoms with Gasteiger partial charge in [-0.2, -0.15) is 0 Å². The minimum atomic E-state index is -0.954. The van der Waals surface area contributed by atoms with E-state index in [4.69, 9.17) is 0 Å². The molecule has 2 N–H and O–H groups in total. The highest BCUT2D eigenvalue weighted by Gasteiger charge is 2.26. The van der Waals surface area contributed by atoms with Gasteiger partial charge in [0.05, 0.1) is 23.7 Å². The number of benzene rings is 1. The summed E-state index contributed by atoms with van der Waals surface area (Å²) < 4.78 is 0. The molecule has 0 saturated carbocycles. The molecule has 2 heterocycles. The van der Waals surface area contributed by atoms with Crippen LogP contribution >= 0.6 is 0 Å². The third-order valence-electron chi connectivity index (χ3n) is 3.82. The van der Waals surface area contributed by atoms with Crippen molar-refractivity contribution in [2.75, 3.05) is 18.1 Å². The zero-order valence-electron chi connectivity index (χ0n) is 11.0. The molecule has 1 saturated heterocycles. The van der Waals surface area contributed by atoms with Gasteiger partial charge in [0.1, 0.15) is 5.82 Å². The van der Waals surface area contributed by atoms with E-state index >= 15 is 0 Å². The molecule has 1 fully saturated rings.